The summed E-state index contributed by atoms with van der Waals surface area (Å²) in [5.41, 5.74) is -0.418. The number of hydrogen-bond donors (Lipinski definition) is 0. The zero-order valence-electron chi connectivity index (χ0n) is 11.3. The molecule has 0 amide bonds. The smallest absolute Gasteiger partial charge is 0.327 e. The number of ether oxygens (including phenoxy) is 2. The van der Waals surface area contributed by atoms with Gasteiger partial charge in [-0.3, -0.25) is 9.59 Å². The molecule has 0 radical (unpaired) electrons. The van der Waals surface area contributed by atoms with E-state index in [0.29, 0.717) is 6.42 Å². The minimum Gasteiger partial charge on any atom is -0.465 e. The van der Waals surface area contributed by atoms with E-state index in [1.165, 1.54) is 0 Å². The Morgan fingerprint density at radius 3 is 1.65 bits per heavy atom. The van der Waals surface area contributed by atoms with Crippen molar-refractivity contribution < 1.29 is 19.1 Å². The molecule has 0 fully saturated rings. The molecule has 0 unspecified atom stereocenters. The van der Waals surface area contributed by atoms with Crippen molar-refractivity contribution >= 4 is 11.9 Å². The highest BCUT2D eigenvalue weighted by Gasteiger charge is 2.45. The molecule has 0 aromatic carbocycles. The zero-order valence-corrected chi connectivity index (χ0v) is 11.3. The van der Waals surface area contributed by atoms with Crippen LogP contribution in [0.2, 0.25) is 0 Å². The molecule has 0 rings (SSSR count). The fourth-order valence-corrected chi connectivity index (χ4v) is 1.60. The third kappa shape index (κ3) is 3.88. The molecule has 98 valence electrons. The van der Waals surface area contributed by atoms with E-state index < -0.39 is 17.4 Å². The van der Waals surface area contributed by atoms with E-state index in [-0.39, 0.29) is 13.2 Å². The Balaban J connectivity index is 5.36. The largest absolute Gasteiger partial charge is 0.465 e. The summed E-state index contributed by atoms with van der Waals surface area (Å²) < 4.78 is 9.96. The quantitative estimate of drug-likeness (QED) is 0.408. The van der Waals surface area contributed by atoms with E-state index in [1.807, 2.05) is 13.8 Å². The van der Waals surface area contributed by atoms with E-state index in [9.17, 15) is 9.59 Å². The first-order valence-electron chi connectivity index (χ1n) is 5.95. The minimum atomic E-state index is -1.30. The first kappa shape index (κ1) is 15.7. The van der Waals surface area contributed by atoms with Crippen molar-refractivity contribution in [1.82, 2.24) is 0 Å². The highest BCUT2D eigenvalue weighted by Crippen LogP contribution is 2.29. The molecule has 0 aliphatic heterocycles. The van der Waals surface area contributed by atoms with Crippen molar-refractivity contribution in [3.8, 4) is 0 Å². The normalized spacial score (nSPS) is 10.6. The number of rotatable bonds is 6. The third-order valence-corrected chi connectivity index (χ3v) is 2.37. The van der Waals surface area contributed by atoms with Crippen LogP contribution in [0.5, 0.6) is 0 Å². The van der Waals surface area contributed by atoms with Gasteiger partial charge in [-0.15, -0.1) is 0 Å². The van der Waals surface area contributed by atoms with Crippen LogP contribution in [-0.4, -0.2) is 25.2 Å². The lowest BCUT2D eigenvalue weighted by Gasteiger charge is -2.25. The van der Waals surface area contributed by atoms with Gasteiger partial charge < -0.3 is 9.47 Å². The number of esters is 2. The van der Waals surface area contributed by atoms with Crippen LogP contribution in [0.25, 0.3) is 0 Å². The van der Waals surface area contributed by atoms with Crippen molar-refractivity contribution in [2.75, 3.05) is 13.2 Å². The molecule has 0 aromatic heterocycles. The summed E-state index contributed by atoms with van der Waals surface area (Å²) in [6.07, 6.45) is 1.96. The van der Waals surface area contributed by atoms with Crippen LogP contribution in [-0.2, 0) is 19.1 Å². The summed E-state index contributed by atoms with van der Waals surface area (Å²) in [6, 6.07) is 0. The molecular formula is C13H22O4. The van der Waals surface area contributed by atoms with Gasteiger partial charge in [-0.05, 0) is 34.1 Å². The predicted molar refractivity (Wildman–Crippen MR) is 65.4 cm³/mol. The van der Waals surface area contributed by atoms with Gasteiger partial charge in [0.2, 0.25) is 0 Å². The SMILES string of the molecule is CCOC(=O)C(C=C(C)C)(CC)C(=O)OCC. The molecule has 0 N–H and O–H groups in total. The van der Waals surface area contributed by atoms with E-state index in [4.69, 9.17) is 9.47 Å². The van der Waals surface area contributed by atoms with Gasteiger partial charge in [0.05, 0.1) is 13.2 Å². The Bertz CT molecular complexity index is 283. The first-order chi connectivity index (χ1) is 7.94. The minimum absolute atomic E-state index is 0.247. The van der Waals surface area contributed by atoms with E-state index in [2.05, 4.69) is 0 Å². The Morgan fingerprint density at radius 2 is 1.41 bits per heavy atom. The topological polar surface area (TPSA) is 52.6 Å². The maximum absolute atomic E-state index is 12.0. The molecular weight excluding hydrogens is 220 g/mol. The van der Waals surface area contributed by atoms with Gasteiger partial charge in [-0.25, -0.2) is 0 Å². The van der Waals surface area contributed by atoms with Crippen LogP contribution in [0.3, 0.4) is 0 Å². The highest BCUT2D eigenvalue weighted by molar-refractivity contribution is 6.02. The lowest BCUT2D eigenvalue weighted by molar-refractivity contribution is -0.168. The first-order valence-corrected chi connectivity index (χ1v) is 5.95. The molecule has 0 atom stereocenters. The molecule has 0 spiro atoms. The van der Waals surface area contributed by atoms with Gasteiger partial charge >= 0.3 is 11.9 Å². The molecule has 17 heavy (non-hydrogen) atoms. The molecule has 0 bridgehead atoms. The van der Waals surface area contributed by atoms with Gasteiger partial charge in [0, 0.05) is 0 Å². The Hall–Kier alpha value is -1.32. The van der Waals surface area contributed by atoms with Crippen LogP contribution < -0.4 is 0 Å². The molecule has 0 aliphatic carbocycles. The summed E-state index contributed by atoms with van der Waals surface area (Å²) in [5, 5.41) is 0. The van der Waals surface area contributed by atoms with Gasteiger partial charge in [0.15, 0.2) is 5.41 Å². The second-order valence-corrected chi connectivity index (χ2v) is 3.99. The molecule has 0 aromatic rings. The Morgan fingerprint density at radius 1 is 1.00 bits per heavy atom. The van der Waals surface area contributed by atoms with Gasteiger partial charge in [0.1, 0.15) is 0 Å². The van der Waals surface area contributed by atoms with Crippen molar-refractivity contribution in [2.24, 2.45) is 5.41 Å². The van der Waals surface area contributed by atoms with Gasteiger partial charge in [0.25, 0.3) is 0 Å². The second kappa shape index (κ2) is 7.09. The van der Waals surface area contributed by atoms with Crippen LogP contribution in [0.4, 0.5) is 0 Å². The lowest BCUT2D eigenvalue weighted by Crippen LogP contribution is -2.40. The van der Waals surface area contributed by atoms with Gasteiger partial charge in [-0.2, -0.15) is 0 Å². The van der Waals surface area contributed by atoms with Crippen molar-refractivity contribution in [3.05, 3.63) is 11.6 Å². The van der Waals surface area contributed by atoms with E-state index >= 15 is 0 Å². The third-order valence-electron chi connectivity index (χ3n) is 2.37. The van der Waals surface area contributed by atoms with Crippen LogP contribution >= 0.6 is 0 Å². The maximum atomic E-state index is 12.0. The summed E-state index contributed by atoms with van der Waals surface area (Å²) >= 11 is 0. The van der Waals surface area contributed by atoms with E-state index in [0.717, 1.165) is 5.57 Å². The monoisotopic (exact) mass is 242 g/mol. The Kier molecular flexibility index (Phi) is 6.54. The summed E-state index contributed by atoms with van der Waals surface area (Å²) in [5.74, 6) is -1.08. The average Bonchev–Trinajstić information content (AvgIpc) is 2.26. The average molecular weight is 242 g/mol. The molecule has 4 nitrogen and oxygen atoms in total. The zero-order chi connectivity index (χ0) is 13.5. The summed E-state index contributed by atoms with van der Waals surface area (Å²) in [6.45, 7) is 9.37. The number of hydrogen-bond acceptors (Lipinski definition) is 4. The molecule has 0 saturated heterocycles. The molecule has 4 heteroatoms. The standard InChI is InChI=1S/C13H22O4/c1-6-13(9-10(4)5,11(14)16-7-2)12(15)17-8-3/h9H,6-8H2,1-5H3. The second-order valence-electron chi connectivity index (χ2n) is 3.99. The number of carbonyl (C=O) groups is 2. The molecule has 0 aliphatic rings. The lowest BCUT2D eigenvalue weighted by atomic mass is 9.83. The van der Waals surface area contributed by atoms with Crippen molar-refractivity contribution in [1.29, 1.82) is 0 Å². The highest BCUT2D eigenvalue weighted by atomic mass is 16.6. The van der Waals surface area contributed by atoms with E-state index in [1.54, 1.807) is 26.8 Å². The number of carbonyl (C=O) groups excluding carboxylic acids is 2. The Labute approximate surface area is 103 Å². The maximum Gasteiger partial charge on any atom is 0.327 e. The van der Waals surface area contributed by atoms with Crippen LogP contribution in [0.15, 0.2) is 11.6 Å². The fraction of sp³-hybridized carbons (Fsp3) is 0.692. The van der Waals surface area contributed by atoms with Crippen molar-refractivity contribution in [3.63, 3.8) is 0 Å². The van der Waals surface area contributed by atoms with Crippen molar-refractivity contribution in [2.45, 2.75) is 41.0 Å². The fourth-order valence-electron chi connectivity index (χ4n) is 1.60. The summed E-state index contributed by atoms with van der Waals surface area (Å²) in [7, 11) is 0. The molecule has 0 heterocycles. The number of allylic oxidation sites excluding steroid dienone is 1. The van der Waals surface area contributed by atoms with Crippen LogP contribution in [0, 0.1) is 5.41 Å². The van der Waals surface area contributed by atoms with Gasteiger partial charge in [-0.1, -0.05) is 18.6 Å². The van der Waals surface area contributed by atoms with Crippen LogP contribution in [0.1, 0.15) is 41.0 Å². The summed E-state index contributed by atoms with van der Waals surface area (Å²) in [4.78, 5) is 24.0. The molecule has 0 saturated carbocycles. The predicted octanol–water partition coefficient (Wildman–Crippen LogP) is 2.48.